The van der Waals surface area contributed by atoms with Gasteiger partial charge in [-0.25, -0.2) is 0 Å². The second kappa shape index (κ2) is 3.03. The maximum atomic E-state index is 11.6. The molecule has 0 aliphatic carbocycles. The Kier molecular flexibility index (Phi) is 1.85. The summed E-state index contributed by atoms with van der Waals surface area (Å²) < 4.78 is 0. The highest BCUT2D eigenvalue weighted by molar-refractivity contribution is 5.82. The second-order valence-corrected chi connectivity index (χ2v) is 3.10. The van der Waals surface area contributed by atoms with Crippen molar-refractivity contribution in [3.05, 3.63) is 46.8 Å². The third-order valence-corrected chi connectivity index (χ3v) is 2.09. The third-order valence-electron chi connectivity index (χ3n) is 2.09. The van der Waals surface area contributed by atoms with E-state index in [0.29, 0.717) is 16.8 Å². The normalized spacial score (nSPS) is 10.3. The number of aromatic nitrogens is 1. The van der Waals surface area contributed by atoms with E-state index in [1.165, 1.54) is 6.07 Å². The van der Waals surface area contributed by atoms with Crippen molar-refractivity contribution in [3.8, 4) is 0 Å². The highest BCUT2D eigenvalue weighted by atomic mass is 16.1. The molecule has 1 aromatic carbocycles. The Morgan fingerprint density at radius 2 is 2.14 bits per heavy atom. The molecule has 0 saturated heterocycles. The zero-order chi connectivity index (χ0) is 10.1. The van der Waals surface area contributed by atoms with Crippen molar-refractivity contribution in [3.63, 3.8) is 0 Å². The summed E-state index contributed by atoms with van der Waals surface area (Å²) in [7, 11) is 0. The van der Waals surface area contributed by atoms with Crippen LogP contribution in [0.25, 0.3) is 17.0 Å². The third kappa shape index (κ3) is 1.29. The summed E-state index contributed by atoms with van der Waals surface area (Å²) in [6, 6.07) is 6.69. The molecule has 0 unspecified atom stereocenters. The second-order valence-electron chi connectivity index (χ2n) is 3.10. The molecule has 0 spiro atoms. The predicted molar refractivity (Wildman–Crippen MR) is 59.1 cm³/mol. The van der Waals surface area contributed by atoms with E-state index in [4.69, 9.17) is 5.73 Å². The standard InChI is InChI=1S/C11H10N2O/c1-2-8-6-11(14)9-4-3-7(12)5-10(9)13-8/h2-6H,1,12H2,(H,13,14). The van der Waals surface area contributed by atoms with Gasteiger partial charge in [-0.2, -0.15) is 0 Å². The van der Waals surface area contributed by atoms with Gasteiger partial charge in [0.15, 0.2) is 5.43 Å². The van der Waals surface area contributed by atoms with Gasteiger partial charge in [-0.05, 0) is 24.3 Å². The maximum absolute atomic E-state index is 11.6. The average molecular weight is 186 g/mol. The van der Waals surface area contributed by atoms with E-state index < -0.39 is 0 Å². The smallest absolute Gasteiger partial charge is 0.189 e. The highest BCUT2D eigenvalue weighted by Crippen LogP contribution is 2.12. The number of H-pyrrole nitrogens is 1. The molecule has 0 saturated carbocycles. The van der Waals surface area contributed by atoms with Gasteiger partial charge in [-0.1, -0.05) is 6.58 Å². The van der Waals surface area contributed by atoms with Crippen molar-refractivity contribution < 1.29 is 0 Å². The van der Waals surface area contributed by atoms with Crippen molar-refractivity contribution in [1.29, 1.82) is 0 Å². The topological polar surface area (TPSA) is 58.9 Å². The fourth-order valence-corrected chi connectivity index (χ4v) is 1.40. The highest BCUT2D eigenvalue weighted by Gasteiger charge is 1.99. The van der Waals surface area contributed by atoms with Gasteiger partial charge in [0, 0.05) is 22.8 Å². The lowest BCUT2D eigenvalue weighted by molar-refractivity contribution is 1.35. The number of pyridine rings is 1. The van der Waals surface area contributed by atoms with Gasteiger partial charge in [0.2, 0.25) is 0 Å². The fourth-order valence-electron chi connectivity index (χ4n) is 1.40. The molecule has 70 valence electrons. The van der Waals surface area contributed by atoms with Crippen molar-refractivity contribution in [2.24, 2.45) is 0 Å². The minimum absolute atomic E-state index is 0.0198. The van der Waals surface area contributed by atoms with Crippen LogP contribution in [-0.4, -0.2) is 4.98 Å². The van der Waals surface area contributed by atoms with Gasteiger partial charge in [-0.3, -0.25) is 4.79 Å². The van der Waals surface area contributed by atoms with Crippen molar-refractivity contribution in [2.45, 2.75) is 0 Å². The number of nitrogen functional groups attached to an aromatic ring is 1. The number of nitrogens with two attached hydrogens (primary N) is 1. The number of nitrogens with one attached hydrogen (secondary N) is 1. The molecule has 0 radical (unpaired) electrons. The summed E-state index contributed by atoms with van der Waals surface area (Å²) in [5.41, 5.74) is 7.68. The fraction of sp³-hybridized carbons (Fsp3) is 0. The molecule has 3 heteroatoms. The number of anilines is 1. The Bertz CT molecular complexity index is 555. The summed E-state index contributed by atoms with van der Waals surface area (Å²) >= 11 is 0. The Hall–Kier alpha value is -2.03. The molecule has 1 heterocycles. The SMILES string of the molecule is C=Cc1cc(=O)c2ccc(N)cc2[nH]1. The molecule has 2 rings (SSSR count). The van der Waals surface area contributed by atoms with Crippen LogP contribution in [0.1, 0.15) is 5.69 Å². The van der Waals surface area contributed by atoms with Crippen LogP contribution < -0.4 is 11.2 Å². The summed E-state index contributed by atoms with van der Waals surface area (Å²) in [6.45, 7) is 3.60. The number of aromatic amines is 1. The van der Waals surface area contributed by atoms with Gasteiger partial charge < -0.3 is 10.7 Å². The number of rotatable bonds is 1. The van der Waals surface area contributed by atoms with E-state index in [-0.39, 0.29) is 5.43 Å². The maximum Gasteiger partial charge on any atom is 0.189 e. The van der Waals surface area contributed by atoms with Crippen LogP contribution in [0, 0.1) is 0 Å². The minimum Gasteiger partial charge on any atom is -0.399 e. The van der Waals surface area contributed by atoms with Crippen LogP contribution in [0.2, 0.25) is 0 Å². The van der Waals surface area contributed by atoms with Crippen LogP contribution >= 0.6 is 0 Å². The average Bonchev–Trinajstić information content (AvgIpc) is 2.16. The first kappa shape index (κ1) is 8.56. The first-order chi connectivity index (χ1) is 6.70. The number of hydrogen-bond donors (Lipinski definition) is 2. The molecule has 0 amide bonds. The molecule has 3 nitrogen and oxygen atoms in total. The van der Waals surface area contributed by atoms with Gasteiger partial charge >= 0.3 is 0 Å². The van der Waals surface area contributed by atoms with Crippen molar-refractivity contribution in [1.82, 2.24) is 4.98 Å². The first-order valence-electron chi connectivity index (χ1n) is 4.26. The molecule has 0 atom stereocenters. The Balaban J connectivity index is 2.90. The summed E-state index contributed by atoms with van der Waals surface area (Å²) in [4.78, 5) is 14.6. The molecule has 0 fully saturated rings. The predicted octanol–water partition coefficient (Wildman–Crippen LogP) is 1.75. The first-order valence-corrected chi connectivity index (χ1v) is 4.26. The largest absolute Gasteiger partial charge is 0.399 e. The molecule has 3 N–H and O–H groups in total. The van der Waals surface area contributed by atoms with Crippen LogP contribution in [0.5, 0.6) is 0 Å². The number of hydrogen-bond acceptors (Lipinski definition) is 2. The van der Waals surface area contributed by atoms with E-state index in [1.54, 1.807) is 24.3 Å². The van der Waals surface area contributed by atoms with Crippen LogP contribution in [0.3, 0.4) is 0 Å². The lowest BCUT2D eigenvalue weighted by Gasteiger charge is -2.00. The molecule has 1 aromatic heterocycles. The summed E-state index contributed by atoms with van der Waals surface area (Å²) in [5, 5.41) is 0.643. The van der Waals surface area contributed by atoms with Gasteiger partial charge in [-0.15, -0.1) is 0 Å². The Morgan fingerprint density at radius 3 is 2.86 bits per heavy atom. The number of fused-ring (bicyclic) bond motifs is 1. The molecule has 0 aliphatic heterocycles. The zero-order valence-electron chi connectivity index (χ0n) is 7.58. The van der Waals surface area contributed by atoms with Crippen molar-refractivity contribution >= 4 is 22.7 Å². The molecule has 0 aliphatic rings. The zero-order valence-corrected chi connectivity index (χ0v) is 7.58. The van der Waals surface area contributed by atoms with E-state index in [9.17, 15) is 4.79 Å². The molecule has 14 heavy (non-hydrogen) atoms. The summed E-state index contributed by atoms with van der Waals surface area (Å²) in [6.07, 6.45) is 1.60. The van der Waals surface area contributed by atoms with Crippen molar-refractivity contribution in [2.75, 3.05) is 5.73 Å². The molecule has 2 aromatic rings. The van der Waals surface area contributed by atoms with E-state index >= 15 is 0 Å². The van der Waals surface area contributed by atoms with Crippen LogP contribution in [-0.2, 0) is 0 Å². The van der Waals surface area contributed by atoms with E-state index in [2.05, 4.69) is 11.6 Å². The van der Waals surface area contributed by atoms with Gasteiger partial charge in [0.05, 0.1) is 5.52 Å². The van der Waals surface area contributed by atoms with E-state index in [1.807, 2.05) is 0 Å². The quantitative estimate of drug-likeness (QED) is 0.666. The van der Waals surface area contributed by atoms with Gasteiger partial charge in [0.25, 0.3) is 0 Å². The van der Waals surface area contributed by atoms with Crippen LogP contribution in [0.15, 0.2) is 35.6 Å². The van der Waals surface area contributed by atoms with E-state index in [0.717, 1.165) is 5.52 Å². The lowest BCUT2D eigenvalue weighted by atomic mass is 10.2. The lowest BCUT2D eigenvalue weighted by Crippen LogP contribution is -2.03. The van der Waals surface area contributed by atoms with Gasteiger partial charge in [0.1, 0.15) is 0 Å². The van der Waals surface area contributed by atoms with Crippen LogP contribution in [0.4, 0.5) is 5.69 Å². The molecule has 0 bridgehead atoms. The molecular formula is C11H10N2O. The summed E-state index contributed by atoms with van der Waals surface area (Å²) in [5.74, 6) is 0. The Morgan fingerprint density at radius 1 is 1.36 bits per heavy atom. The Labute approximate surface area is 80.9 Å². The number of benzene rings is 1. The molecular weight excluding hydrogens is 176 g/mol. The minimum atomic E-state index is -0.0198. The monoisotopic (exact) mass is 186 g/mol.